The summed E-state index contributed by atoms with van der Waals surface area (Å²) in [4.78, 5) is 11.6. The van der Waals surface area contributed by atoms with E-state index in [0.717, 1.165) is 12.8 Å². The molecule has 1 unspecified atom stereocenters. The molecule has 0 spiro atoms. The molecule has 1 rings (SSSR count). The summed E-state index contributed by atoms with van der Waals surface area (Å²) in [6.45, 7) is 4.43. The van der Waals surface area contributed by atoms with Crippen LogP contribution >= 0.6 is 0 Å². The van der Waals surface area contributed by atoms with Gasteiger partial charge in [-0.25, -0.2) is 4.79 Å². The third-order valence-corrected chi connectivity index (χ3v) is 2.98. The average Bonchev–Trinajstić information content (AvgIpc) is 2.79. The first-order valence-electron chi connectivity index (χ1n) is 6.86. The molecule has 102 valence electrons. The summed E-state index contributed by atoms with van der Waals surface area (Å²) < 4.78 is 5.15. The van der Waals surface area contributed by atoms with Crippen LogP contribution in [0.2, 0.25) is 0 Å². The summed E-state index contributed by atoms with van der Waals surface area (Å²) in [5.74, 6) is -0.330. The van der Waals surface area contributed by atoms with Crippen molar-refractivity contribution in [3.8, 4) is 0 Å². The van der Waals surface area contributed by atoms with Gasteiger partial charge in [-0.15, -0.1) is 10.2 Å². The van der Waals surface area contributed by atoms with Gasteiger partial charge in [-0.2, -0.15) is 0 Å². The van der Waals surface area contributed by atoms with Gasteiger partial charge in [0, 0.05) is 0 Å². The summed E-state index contributed by atoms with van der Waals surface area (Å²) in [6.07, 6.45) is 8.46. The highest BCUT2D eigenvalue weighted by atomic mass is 16.5. The molecule has 0 fully saturated rings. The second-order valence-electron chi connectivity index (χ2n) is 4.64. The van der Waals surface area contributed by atoms with Gasteiger partial charge >= 0.3 is 5.97 Å². The fourth-order valence-corrected chi connectivity index (χ4v) is 1.81. The van der Waals surface area contributed by atoms with E-state index in [0.29, 0.717) is 12.3 Å². The van der Waals surface area contributed by atoms with Crippen molar-refractivity contribution in [1.82, 2.24) is 0 Å². The molecule has 0 radical (unpaired) electrons. The van der Waals surface area contributed by atoms with Crippen LogP contribution in [0.5, 0.6) is 0 Å². The van der Waals surface area contributed by atoms with Gasteiger partial charge in [0.25, 0.3) is 0 Å². The summed E-state index contributed by atoms with van der Waals surface area (Å²) in [6, 6.07) is -0.602. The molecule has 0 saturated heterocycles. The van der Waals surface area contributed by atoms with Gasteiger partial charge in [-0.3, -0.25) is 0 Å². The Morgan fingerprint density at radius 3 is 2.44 bits per heavy atom. The molecule has 1 aliphatic heterocycles. The van der Waals surface area contributed by atoms with Crippen LogP contribution < -0.4 is 0 Å². The maximum absolute atomic E-state index is 11.6. The SMILES string of the molecule is CCCCCCCCCOC(=O)C1N=NN=C1C. The highest BCUT2D eigenvalue weighted by Gasteiger charge is 2.25. The fraction of sp³-hybridized carbons (Fsp3) is 0.846. The molecule has 0 aromatic heterocycles. The lowest BCUT2D eigenvalue weighted by atomic mass is 10.1. The van der Waals surface area contributed by atoms with Crippen LogP contribution in [0.4, 0.5) is 0 Å². The lowest BCUT2D eigenvalue weighted by molar-refractivity contribution is -0.143. The molecule has 0 bridgehead atoms. The lowest BCUT2D eigenvalue weighted by Gasteiger charge is -2.07. The number of unbranched alkanes of at least 4 members (excludes halogenated alkanes) is 6. The Hall–Kier alpha value is -1.26. The maximum Gasteiger partial charge on any atom is 0.338 e. The zero-order valence-electron chi connectivity index (χ0n) is 11.4. The molecule has 1 heterocycles. The Morgan fingerprint density at radius 2 is 1.83 bits per heavy atom. The van der Waals surface area contributed by atoms with E-state index in [-0.39, 0.29) is 5.97 Å². The van der Waals surface area contributed by atoms with Gasteiger partial charge in [0.05, 0.1) is 12.3 Å². The molecule has 0 N–H and O–H groups in total. The standard InChI is InChI=1S/C13H23N3O2/c1-3-4-5-6-7-8-9-10-18-13(17)12-11(2)14-16-15-12/h12H,3-10H2,1-2H3. The third-order valence-electron chi connectivity index (χ3n) is 2.98. The van der Waals surface area contributed by atoms with Gasteiger partial charge in [0.15, 0.2) is 0 Å². The second kappa shape index (κ2) is 8.78. The fourth-order valence-electron chi connectivity index (χ4n) is 1.81. The number of esters is 1. The first-order chi connectivity index (χ1) is 8.75. The van der Waals surface area contributed by atoms with E-state index in [1.165, 1.54) is 32.1 Å². The van der Waals surface area contributed by atoms with E-state index >= 15 is 0 Å². The van der Waals surface area contributed by atoms with Crippen molar-refractivity contribution in [2.75, 3.05) is 6.61 Å². The van der Waals surface area contributed by atoms with E-state index in [1.54, 1.807) is 6.92 Å². The van der Waals surface area contributed by atoms with Gasteiger partial charge < -0.3 is 4.74 Å². The zero-order valence-corrected chi connectivity index (χ0v) is 11.4. The monoisotopic (exact) mass is 253 g/mol. The summed E-state index contributed by atoms with van der Waals surface area (Å²) in [5, 5.41) is 10.9. The summed E-state index contributed by atoms with van der Waals surface area (Å²) in [5.41, 5.74) is 0.611. The lowest BCUT2D eigenvalue weighted by Crippen LogP contribution is -2.26. The van der Waals surface area contributed by atoms with Crippen LogP contribution in [-0.4, -0.2) is 24.3 Å². The number of hydrogen-bond acceptors (Lipinski definition) is 5. The Labute approximate surface area is 109 Å². The molecule has 0 aliphatic carbocycles. The molecule has 0 amide bonds. The van der Waals surface area contributed by atoms with E-state index in [2.05, 4.69) is 22.4 Å². The number of carbonyl (C=O) groups excluding carboxylic acids is 1. The highest BCUT2D eigenvalue weighted by molar-refractivity contribution is 6.05. The molecular weight excluding hydrogens is 230 g/mol. The minimum absolute atomic E-state index is 0.330. The first kappa shape index (κ1) is 14.8. The largest absolute Gasteiger partial charge is 0.464 e. The van der Waals surface area contributed by atoms with Crippen LogP contribution in [-0.2, 0) is 9.53 Å². The highest BCUT2D eigenvalue weighted by Crippen LogP contribution is 2.09. The molecule has 0 aromatic rings. The van der Waals surface area contributed by atoms with Crippen LogP contribution in [0.1, 0.15) is 58.8 Å². The molecule has 0 saturated carbocycles. The minimum Gasteiger partial charge on any atom is -0.464 e. The third kappa shape index (κ3) is 5.38. The minimum atomic E-state index is -0.602. The summed E-state index contributed by atoms with van der Waals surface area (Å²) in [7, 11) is 0. The molecule has 1 aliphatic rings. The Bertz CT molecular complexity index is 313. The quantitative estimate of drug-likeness (QED) is 0.466. The smallest absolute Gasteiger partial charge is 0.338 e. The number of ether oxygens (including phenoxy) is 1. The summed E-state index contributed by atoms with van der Waals surface area (Å²) >= 11 is 0. The van der Waals surface area contributed by atoms with E-state index in [9.17, 15) is 4.79 Å². The maximum atomic E-state index is 11.6. The topological polar surface area (TPSA) is 63.4 Å². The normalized spacial score (nSPS) is 17.9. The van der Waals surface area contributed by atoms with Gasteiger partial charge in [0.1, 0.15) is 0 Å². The Morgan fingerprint density at radius 1 is 1.17 bits per heavy atom. The predicted octanol–water partition coefficient (Wildman–Crippen LogP) is 3.49. The van der Waals surface area contributed by atoms with Crippen molar-refractivity contribution in [2.24, 2.45) is 15.4 Å². The van der Waals surface area contributed by atoms with Gasteiger partial charge in [0.2, 0.25) is 6.04 Å². The van der Waals surface area contributed by atoms with Crippen molar-refractivity contribution >= 4 is 11.7 Å². The number of rotatable bonds is 9. The first-order valence-corrected chi connectivity index (χ1v) is 6.86. The molecule has 1 atom stereocenters. The number of hydrogen-bond donors (Lipinski definition) is 0. The van der Waals surface area contributed by atoms with Crippen LogP contribution in [0.3, 0.4) is 0 Å². The Balaban J connectivity index is 1.96. The predicted molar refractivity (Wildman–Crippen MR) is 70.7 cm³/mol. The van der Waals surface area contributed by atoms with Crippen molar-refractivity contribution in [3.05, 3.63) is 0 Å². The van der Waals surface area contributed by atoms with E-state index < -0.39 is 6.04 Å². The van der Waals surface area contributed by atoms with Crippen molar-refractivity contribution in [2.45, 2.75) is 64.8 Å². The molecule has 5 heteroatoms. The van der Waals surface area contributed by atoms with Crippen molar-refractivity contribution in [1.29, 1.82) is 0 Å². The second-order valence-corrected chi connectivity index (χ2v) is 4.64. The molecule has 0 aromatic carbocycles. The molecular formula is C13H23N3O2. The molecule has 18 heavy (non-hydrogen) atoms. The van der Waals surface area contributed by atoms with Crippen molar-refractivity contribution < 1.29 is 9.53 Å². The average molecular weight is 253 g/mol. The van der Waals surface area contributed by atoms with Gasteiger partial charge in [-0.05, 0) is 18.6 Å². The van der Waals surface area contributed by atoms with Crippen molar-refractivity contribution in [3.63, 3.8) is 0 Å². The van der Waals surface area contributed by atoms with Crippen LogP contribution in [0.15, 0.2) is 15.4 Å². The Kier molecular flexibility index (Phi) is 7.22. The zero-order chi connectivity index (χ0) is 13.2. The van der Waals surface area contributed by atoms with Crippen LogP contribution in [0.25, 0.3) is 0 Å². The number of nitrogens with zero attached hydrogens (tertiary/aromatic N) is 3. The van der Waals surface area contributed by atoms with Gasteiger partial charge in [-0.1, -0.05) is 45.4 Å². The van der Waals surface area contributed by atoms with E-state index in [4.69, 9.17) is 4.74 Å². The van der Waals surface area contributed by atoms with Crippen LogP contribution in [0, 0.1) is 0 Å². The number of carbonyl (C=O) groups is 1. The molecule has 5 nitrogen and oxygen atoms in total. The van der Waals surface area contributed by atoms with E-state index in [1.807, 2.05) is 0 Å².